The predicted molar refractivity (Wildman–Crippen MR) is 116 cm³/mol. The molecule has 2 heterocycles. The number of furan rings is 1. The Morgan fingerprint density at radius 2 is 1.97 bits per heavy atom. The molecule has 0 fully saturated rings. The molecular formula is C23H22N4O4. The van der Waals surface area contributed by atoms with E-state index in [1.54, 1.807) is 31.4 Å². The van der Waals surface area contributed by atoms with Crippen LogP contribution in [0.25, 0.3) is 11.0 Å². The van der Waals surface area contributed by atoms with Crippen molar-refractivity contribution in [3.63, 3.8) is 0 Å². The summed E-state index contributed by atoms with van der Waals surface area (Å²) in [6.45, 7) is 0.458. The fourth-order valence-corrected chi connectivity index (χ4v) is 3.32. The Morgan fingerprint density at radius 1 is 1.10 bits per heavy atom. The summed E-state index contributed by atoms with van der Waals surface area (Å²) in [5.41, 5.74) is 2.31. The van der Waals surface area contributed by atoms with Crippen LogP contribution in [-0.2, 0) is 17.8 Å². The van der Waals surface area contributed by atoms with E-state index in [1.807, 2.05) is 41.0 Å². The standard InChI is InChI=1S/C23H22N4O4/c1-30-17-7-4-6-16(14-17)25-22(28)15-27-19-9-3-2-8-18(19)26-21(27)11-12-24-23(29)20-10-5-13-31-20/h2-10,13-14H,11-12,15H2,1H3,(H,24,29)(H,25,28). The number of benzene rings is 2. The number of carbonyl (C=O) groups excluding carboxylic acids is 2. The zero-order chi connectivity index (χ0) is 21.6. The van der Waals surface area contributed by atoms with Crippen LogP contribution in [0.15, 0.2) is 71.3 Å². The first-order valence-corrected chi connectivity index (χ1v) is 9.84. The smallest absolute Gasteiger partial charge is 0.286 e. The van der Waals surface area contributed by atoms with Crippen LogP contribution in [0.3, 0.4) is 0 Å². The van der Waals surface area contributed by atoms with E-state index in [9.17, 15) is 9.59 Å². The van der Waals surface area contributed by atoms with E-state index in [0.717, 1.165) is 11.0 Å². The van der Waals surface area contributed by atoms with Gasteiger partial charge in [-0.25, -0.2) is 4.98 Å². The second-order valence-electron chi connectivity index (χ2n) is 6.87. The van der Waals surface area contributed by atoms with Crippen LogP contribution in [0.4, 0.5) is 5.69 Å². The molecule has 0 bridgehead atoms. The van der Waals surface area contributed by atoms with Gasteiger partial charge in [0.15, 0.2) is 5.76 Å². The minimum Gasteiger partial charge on any atom is -0.497 e. The molecule has 2 amide bonds. The lowest BCUT2D eigenvalue weighted by molar-refractivity contribution is -0.116. The van der Waals surface area contributed by atoms with Gasteiger partial charge in [-0.15, -0.1) is 0 Å². The average Bonchev–Trinajstić information content (AvgIpc) is 3.43. The number of para-hydroxylation sites is 2. The van der Waals surface area contributed by atoms with Crippen molar-refractivity contribution < 1.29 is 18.7 Å². The highest BCUT2D eigenvalue weighted by Gasteiger charge is 2.15. The monoisotopic (exact) mass is 418 g/mol. The number of carbonyl (C=O) groups is 2. The van der Waals surface area contributed by atoms with Crippen LogP contribution in [0.1, 0.15) is 16.4 Å². The molecule has 0 radical (unpaired) electrons. The molecule has 0 atom stereocenters. The highest BCUT2D eigenvalue weighted by atomic mass is 16.5. The molecule has 2 aromatic heterocycles. The van der Waals surface area contributed by atoms with Gasteiger partial charge in [0.25, 0.3) is 5.91 Å². The molecule has 8 heteroatoms. The van der Waals surface area contributed by atoms with E-state index < -0.39 is 0 Å². The first-order valence-electron chi connectivity index (χ1n) is 9.84. The second kappa shape index (κ2) is 9.17. The number of fused-ring (bicyclic) bond motifs is 1. The van der Waals surface area contributed by atoms with Crippen molar-refractivity contribution in [3.05, 3.63) is 78.5 Å². The Balaban J connectivity index is 1.48. The van der Waals surface area contributed by atoms with E-state index in [4.69, 9.17) is 9.15 Å². The molecule has 0 aliphatic carbocycles. The fourth-order valence-electron chi connectivity index (χ4n) is 3.32. The minimum atomic E-state index is -0.288. The van der Waals surface area contributed by atoms with E-state index in [2.05, 4.69) is 15.6 Å². The topological polar surface area (TPSA) is 98.4 Å². The minimum absolute atomic E-state index is 0.0964. The van der Waals surface area contributed by atoms with Crippen molar-refractivity contribution in [2.75, 3.05) is 19.0 Å². The highest BCUT2D eigenvalue weighted by molar-refractivity contribution is 5.92. The van der Waals surface area contributed by atoms with Gasteiger partial charge in [0.05, 0.1) is 24.4 Å². The Hall–Kier alpha value is -4.07. The van der Waals surface area contributed by atoms with E-state index in [-0.39, 0.29) is 24.1 Å². The van der Waals surface area contributed by atoms with Crippen LogP contribution in [0.5, 0.6) is 5.75 Å². The summed E-state index contributed by atoms with van der Waals surface area (Å²) in [5.74, 6) is 1.16. The molecule has 0 spiro atoms. The number of aromatic nitrogens is 2. The maximum Gasteiger partial charge on any atom is 0.286 e. The van der Waals surface area contributed by atoms with Gasteiger partial charge in [-0.3, -0.25) is 9.59 Å². The number of amides is 2. The summed E-state index contributed by atoms with van der Waals surface area (Å²) in [6, 6.07) is 18.1. The molecule has 0 saturated heterocycles. The van der Waals surface area contributed by atoms with Gasteiger partial charge in [0, 0.05) is 24.7 Å². The van der Waals surface area contributed by atoms with E-state index in [1.165, 1.54) is 6.26 Å². The molecule has 2 aromatic carbocycles. The van der Waals surface area contributed by atoms with Crippen LogP contribution in [0.2, 0.25) is 0 Å². The number of ether oxygens (including phenoxy) is 1. The number of rotatable bonds is 8. The molecule has 0 aliphatic heterocycles. The predicted octanol–water partition coefficient (Wildman–Crippen LogP) is 3.25. The fraction of sp³-hybridized carbons (Fsp3) is 0.174. The van der Waals surface area contributed by atoms with E-state index >= 15 is 0 Å². The second-order valence-corrected chi connectivity index (χ2v) is 6.87. The van der Waals surface area contributed by atoms with Gasteiger partial charge in [-0.05, 0) is 36.4 Å². The summed E-state index contributed by atoms with van der Waals surface area (Å²) in [5, 5.41) is 5.70. The number of nitrogens with one attached hydrogen (secondary N) is 2. The summed E-state index contributed by atoms with van der Waals surface area (Å²) in [4.78, 5) is 29.5. The lowest BCUT2D eigenvalue weighted by Crippen LogP contribution is -2.27. The third kappa shape index (κ3) is 4.75. The van der Waals surface area contributed by atoms with Crippen LogP contribution >= 0.6 is 0 Å². The molecular weight excluding hydrogens is 396 g/mol. The molecule has 2 N–H and O–H groups in total. The van der Waals surface area contributed by atoms with Gasteiger partial charge in [-0.1, -0.05) is 18.2 Å². The molecule has 8 nitrogen and oxygen atoms in total. The average molecular weight is 418 g/mol. The Bertz CT molecular complexity index is 1200. The lowest BCUT2D eigenvalue weighted by Gasteiger charge is -2.11. The molecule has 158 valence electrons. The first kappa shape index (κ1) is 20.2. The number of hydrogen-bond donors (Lipinski definition) is 2. The third-order valence-electron chi connectivity index (χ3n) is 4.77. The molecule has 0 aliphatic rings. The van der Waals surface area contributed by atoms with Gasteiger partial charge in [-0.2, -0.15) is 0 Å². The molecule has 31 heavy (non-hydrogen) atoms. The highest BCUT2D eigenvalue weighted by Crippen LogP contribution is 2.19. The Morgan fingerprint density at radius 3 is 2.77 bits per heavy atom. The van der Waals surface area contributed by atoms with Crippen molar-refractivity contribution >= 4 is 28.5 Å². The summed E-state index contributed by atoms with van der Waals surface area (Å²) in [6.07, 6.45) is 1.92. The maximum absolute atomic E-state index is 12.7. The number of nitrogens with zero attached hydrogens (tertiary/aromatic N) is 2. The molecule has 4 rings (SSSR count). The van der Waals surface area contributed by atoms with Crippen molar-refractivity contribution in [3.8, 4) is 5.75 Å². The summed E-state index contributed by atoms with van der Waals surface area (Å²) >= 11 is 0. The lowest BCUT2D eigenvalue weighted by atomic mass is 10.3. The zero-order valence-corrected chi connectivity index (χ0v) is 17.0. The van der Waals surface area contributed by atoms with Crippen molar-refractivity contribution in [1.29, 1.82) is 0 Å². The summed E-state index contributed by atoms with van der Waals surface area (Å²) in [7, 11) is 1.58. The normalized spacial score (nSPS) is 10.7. The SMILES string of the molecule is COc1cccc(NC(=O)Cn2c(CCNC(=O)c3ccco3)nc3ccccc32)c1. The maximum atomic E-state index is 12.7. The quantitative estimate of drug-likeness (QED) is 0.458. The zero-order valence-electron chi connectivity index (χ0n) is 17.0. The van der Waals surface area contributed by atoms with Crippen LogP contribution in [0, 0.1) is 0 Å². The van der Waals surface area contributed by atoms with Gasteiger partial charge in [0.1, 0.15) is 18.1 Å². The Labute approximate surface area is 178 Å². The molecule has 4 aromatic rings. The molecule has 0 unspecified atom stereocenters. The first-order chi connectivity index (χ1) is 15.1. The van der Waals surface area contributed by atoms with Crippen molar-refractivity contribution in [2.24, 2.45) is 0 Å². The van der Waals surface area contributed by atoms with Crippen molar-refractivity contribution in [2.45, 2.75) is 13.0 Å². The van der Waals surface area contributed by atoms with Crippen molar-refractivity contribution in [1.82, 2.24) is 14.9 Å². The number of hydrogen-bond acceptors (Lipinski definition) is 5. The Kier molecular flexibility index (Phi) is 5.98. The van der Waals surface area contributed by atoms with E-state index in [0.29, 0.717) is 30.2 Å². The third-order valence-corrected chi connectivity index (χ3v) is 4.77. The van der Waals surface area contributed by atoms with Crippen LogP contribution < -0.4 is 15.4 Å². The number of imidazole rings is 1. The number of anilines is 1. The largest absolute Gasteiger partial charge is 0.497 e. The van der Waals surface area contributed by atoms with Gasteiger partial charge < -0.3 is 24.4 Å². The van der Waals surface area contributed by atoms with Crippen LogP contribution in [-0.4, -0.2) is 35.0 Å². The summed E-state index contributed by atoms with van der Waals surface area (Å²) < 4.78 is 12.2. The molecule has 0 saturated carbocycles. The van der Waals surface area contributed by atoms with Gasteiger partial charge in [0.2, 0.25) is 5.91 Å². The van der Waals surface area contributed by atoms with Gasteiger partial charge >= 0.3 is 0 Å². The number of methoxy groups -OCH3 is 1.